The van der Waals surface area contributed by atoms with Gasteiger partial charge in [0.25, 0.3) is 0 Å². The zero-order valence-corrected chi connectivity index (χ0v) is 20.4. The lowest BCUT2D eigenvalue weighted by Gasteiger charge is -2.36. The monoisotopic (exact) mass is 457 g/mol. The van der Waals surface area contributed by atoms with Gasteiger partial charge in [-0.25, -0.2) is 0 Å². The molecule has 3 aromatic rings. The van der Waals surface area contributed by atoms with Crippen LogP contribution in [0.4, 0.5) is 5.69 Å². The predicted octanol–water partition coefficient (Wildman–Crippen LogP) is 6.60. The molecule has 0 spiro atoms. The van der Waals surface area contributed by atoms with E-state index in [9.17, 15) is 5.11 Å². The number of piperidine rings is 1. The summed E-state index contributed by atoms with van der Waals surface area (Å²) in [5.41, 5.74) is 7.27. The summed E-state index contributed by atoms with van der Waals surface area (Å²) in [4.78, 5) is 2.45. The Morgan fingerprint density at radius 3 is 1.91 bits per heavy atom. The lowest BCUT2D eigenvalue weighted by molar-refractivity contribution is -0.141. The van der Waals surface area contributed by atoms with E-state index in [1.54, 1.807) is 26.4 Å². The van der Waals surface area contributed by atoms with Gasteiger partial charge in [-0.05, 0) is 71.4 Å². The predicted molar refractivity (Wildman–Crippen MR) is 140 cm³/mol. The summed E-state index contributed by atoms with van der Waals surface area (Å²) in [5.74, 6) is 0.719. The van der Waals surface area contributed by atoms with Crippen molar-refractivity contribution in [1.29, 1.82) is 0 Å². The molecule has 0 saturated carbocycles. The molecule has 0 unspecified atom stereocenters. The fourth-order valence-electron chi connectivity index (χ4n) is 5.06. The minimum Gasteiger partial charge on any atom is -0.508 e. The number of ether oxygens (including phenoxy) is 2. The van der Waals surface area contributed by atoms with E-state index in [1.165, 1.54) is 28.0 Å². The van der Waals surface area contributed by atoms with E-state index in [0.717, 1.165) is 37.9 Å². The molecule has 0 radical (unpaired) electrons. The number of nitrogens with zero attached hydrogens (tertiary/aromatic N) is 1. The molecule has 178 valence electrons. The Hall–Kier alpha value is -3.08. The number of benzene rings is 3. The molecule has 0 aliphatic carbocycles. The van der Waals surface area contributed by atoms with Gasteiger partial charge < -0.3 is 19.5 Å². The molecular weight excluding hydrogens is 422 g/mol. The van der Waals surface area contributed by atoms with Gasteiger partial charge in [-0.2, -0.15) is 0 Å². The lowest BCUT2D eigenvalue weighted by Crippen LogP contribution is -2.39. The lowest BCUT2D eigenvalue weighted by atomic mass is 9.88. The smallest absolute Gasteiger partial charge is 0.159 e. The molecule has 1 heterocycles. The molecule has 1 fully saturated rings. The molecule has 4 nitrogen and oxygen atoms in total. The molecule has 1 N–H and O–H groups in total. The van der Waals surface area contributed by atoms with Crippen molar-refractivity contribution in [3.8, 4) is 5.75 Å². The topological polar surface area (TPSA) is 41.9 Å². The van der Waals surface area contributed by atoms with E-state index in [4.69, 9.17) is 9.47 Å². The quantitative estimate of drug-likeness (QED) is 0.306. The highest BCUT2D eigenvalue weighted by atomic mass is 16.7. The van der Waals surface area contributed by atoms with Crippen molar-refractivity contribution >= 4 is 16.8 Å². The minimum absolute atomic E-state index is 0.118. The first-order valence-electron chi connectivity index (χ1n) is 12.1. The fourth-order valence-corrected chi connectivity index (χ4v) is 5.06. The second kappa shape index (κ2) is 11.4. The Morgan fingerprint density at radius 1 is 0.824 bits per heavy atom. The van der Waals surface area contributed by atoms with Crippen LogP contribution >= 0.6 is 0 Å². The first-order chi connectivity index (χ1) is 16.6. The summed E-state index contributed by atoms with van der Waals surface area (Å²) in [6.07, 6.45) is 2.91. The SMILES string of the molecule is CCC(=C(c1ccc(O)cc1)c1ccc(N2CCC(C(OC)OC)CC2)cc1)c1ccccc1. The number of aromatic hydroxyl groups is 1. The number of methoxy groups -OCH3 is 2. The molecule has 0 aromatic heterocycles. The van der Waals surface area contributed by atoms with Crippen LogP contribution < -0.4 is 4.90 Å². The Bertz CT molecular complexity index is 1060. The Balaban J connectivity index is 1.64. The minimum atomic E-state index is -0.118. The maximum absolute atomic E-state index is 9.85. The van der Waals surface area contributed by atoms with Gasteiger partial charge in [0.2, 0.25) is 0 Å². The van der Waals surface area contributed by atoms with Gasteiger partial charge in [0, 0.05) is 38.9 Å². The van der Waals surface area contributed by atoms with Crippen LogP contribution in [0.25, 0.3) is 11.1 Å². The number of allylic oxidation sites excluding steroid dienone is 1. The van der Waals surface area contributed by atoms with Crippen molar-refractivity contribution in [2.24, 2.45) is 5.92 Å². The number of anilines is 1. The van der Waals surface area contributed by atoms with Gasteiger partial charge in [-0.15, -0.1) is 0 Å². The highest BCUT2D eigenvalue weighted by molar-refractivity contribution is 5.98. The normalized spacial score (nSPS) is 15.5. The number of phenols is 1. The first kappa shape index (κ1) is 24.1. The van der Waals surface area contributed by atoms with Crippen LogP contribution in [0.5, 0.6) is 5.75 Å². The van der Waals surface area contributed by atoms with E-state index in [-0.39, 0.29) is 12.0 Å². The summed E-state index contributed by atoms with van der Waals surface area (Å²) in [5, 5.41) is 9.85. The third-order valence-electron chi connectivity index (χ3n) is 6.84. The summed E-state index contributed by atoms with van der Waals surface area (Å²) in [6.45, 7) is 4.20. The standard InChI is InChI=1S/C30H35NO3/c1-4-28(22-8-6-5-7-9-22)29(24-12-16-27(32)17-13-24)23-10-14-26(15-11-23)31-20-18-25(19-21-31)30(33-2)34-3/h5-17,25,30,32H,4,18-21H2,1-3H3. The van der Waals surface area contributed by atoms with E-state index in [1.807, 2.05) is 12.1 Å². The fraction of sp³-hybridized carbons (Fsp3) is 0.333. The zero-order valence-electron chi connectivity index (χ0n) is 20.4. The van der Waals surface area contributed by atoms with E-state index in [2.05, 4.69) is 66.4 Å². The Kier molecular flexibility index (Phi) is 8.04. The molecule has 0 bridgehead atoms. The number of hydrogen-bond donors (Lipinski definition) is 1. The first-order valence-corrected chi connectivity index (χ1v) is 12.1. The average Bonchev–Trinajstić information content (AvgIpc) is 2.90. The summed E-state index contributed by atoms with van der Waals surface area (Å²) < 4.78 is 11.0. The molecule has 0 amide bonds. The maximum atomic E-state index is 9.85. The van der Waals surface area contributed by atoms with Crippen molar-refractivity contribution in [2.45, 2.75) is 32.5 Å². The molecule has 3 aromatic carbocycles. The van der Waals surface area contributed by atoms with Crippen molar-refractivity contribution < 1.29 is 14.6 Å². The highest BCUT2D eigenvalue weighted by Gasteiger charge is 2.26. The van der Waals surface area contributed by atoms with Crippen LogP contribution in [0.15, 0.2) is 78.9 Å². The third-order valence-corrected chi connectivity index (χ3v) is 6.84. The highest BCUT2D eigenvalue weighted by Crippen LogP contribution is 2.36. The molecule has 4 rings (SSSR count). The molecular formula is C30H35NO3. The number of phenolic OH excluding ortho intramolecular Hbond substituents is 1. The van der Waals surface area contributed by atoms with E-state index in [0.29, 0.717) is 5.92 Å². The van der Waals surface area contributed by atoms with Crippen molar-refractivity contribution in [2.75, 3.05) is 32.2 Å². The second-order valence-electron chi connectivity index (χ2n) is 8.83. The molecule has 1 saturated heterocycles. The summed E-state index contributed by atoms with van der Waals surface area (Å²) in [7, 11) is 3.44. The van der Waals surface area contributed by atoms with Crippen LogP contribution in [0, 0.1) is 5.92 Å². The molecule has 1 aliphatic heterocycles. The third kappa shape index (κ3) is 5.35. The van der Waals surface area contributed by atoms with Gasteiger partial charge in [0.05, 0.1) is 0 Å². The van der Waals surface area contributed by atoms with Gasteiger partial charge in [0.1, 0.15) is 5.75 Å². The molecule has 0 atom stereocenters. The van der Waals surface area contributed by atoms with Crippen LogP contribution in [-0.2, 0) is 9.47 Å². The van der Waals surface area contributed by atoms with Gasteiger partial charge >= 0.3 is 0 Å². The maximum Gasteiger partial charge on any atom is 0.159 e. The second-order valence-corrected chi connectivity index (χ2v) is 8.83. The van der Waals surface area contributed by atoms with Crippen LogP contribution in [0.2, 0.25) is 0 Å². The van der Waals surface area contributed by atoms with Crippen molar-refractivity contribution in [1.82, 2.24) is 0 Å². The van der Waals surface area contributed by atoms with Crippen LogP contribution in [0.3, 0.4) is 0 Å². The van der Waals surface area contributed by atoms with Gasteiger partial charge in [-0.3, -0.25) is 0 Å². The molecule has 34 heavy (non-hydrogen) atoms. The number of rotatable bonds is 8. The van der Waals surface area contributed by atoms with Gasteiger partial charge in [0.15, 0.2) is 6.29 Å². The van der Waals surface area contributed by atoms with Crippen LogP contribution in [0.1, 0.15) is 42.9 Å². The number of hydrogen-bond acceptors (Lipinski definition) is 4. The Morgan fingerprint density at radius 2 is 1.38 bits per heavy atom. The summed E-state index contributed by atoms with van der Waals surface area (Å²) >= 11 is 0. The average molecular weight is 458 g/mol. The van der Waals surface area contributed by atoms with Crippen LogP contribution in [-0.4, -0.2) is 38.7 Å². The largest absolute Gasteiger partial charge is 0.508 e. The van der Waals surface area contributed by atoms with E-state index < -0.39 is 0 Å². The van der Waals surface area contributed by atoms with Crippen molar-refractivity contribution in [3.05, 3.63) is 95.6 Å². The zero-order chi connectivity index (χ0) is 23.9. The molecule has 1 aliphatic rings. The van der Waals surface area contributed by atoms with Gasteiger partial charge in [-0.1, -0.05) is 61.5 Å². The summed E-state index contributed by atoms with van der Waals surface area (Å²) in [6, 6.07) is 27.0. The van der Waals surface area contributed by atoms with Crippen molar-refractivity contribution in [3.63, 3.8) is 0 Å². The molecule has 4 heteroatoms. The van der Waals surface area contributed by atoms with E-state index >= 15 is 0 Å². The Labute approximate surface area is 203 Å².